The van der Waals surface area contributed by atoms with Gasteiger partial charge >= 0.3 is 0 Å². The van der Waals surface area contributed by atoms with E-state index in [-0.39, 0.29) is 17.5 Å². The Morgan fingerprint density at radius 2 is 1.59 bits per heavy atom. The van der Waals surface area contributed by atoms with Crippen LogP contribution in [0, 0.1) is 13.8 Å². The molecule has 32 heavy (non-hydrogen) atoms. The summed E-state index contributed by atoms with van der Waals surface area (Å²) in [6.07, 6.45) is 0.913. The average molecular weight is 427 g/mol. The standard InChI is InChI=1S/C27H26N2O3/c1-4-16-32-22-13-11-20(12-14-22)24-25(28-21-8-6-5-7-9-21)27(31)29(26(24)30)23-15-10-18(2)17-19(23)3/h5-15,17,28H,4,16H2,1-3H3. The van der Waals surface area contributed by atoms with Crippen LogP contribution >= 0.6 is 0 Å². The lowest BCUT2D eigenvalue weighted by molar-refractivity contribution is -0.120. The van der Waals surface area contributed by atoms with Gasteiger partial charge in [0, 0.05) is 5.69 Å². The number of carbonyl (C=O) groups excluding carboxylic acids is 2. The summed E-state index contributed by atoms with van der Waals surface area (Å²) in [7, 11) is 0. The van der Waals surface area contributed by atoms with Gasteiger partial charge in [-0.05, 0) is 61.7 Å². The van der Waals surface area contributed by atoms with Crippen molar-refractivity contribution in [3.05, 3.63) is 95.2 Å². The first-order valence-corrected chi connectivity index (χ1v) is 10.7. The number of nitrogens with one attached hydrogen (secondary N) is 1. The number of imide groups is 1. The number of hydrogen-bond acceptors (Lipinski definition) is 4. The maximum absolute atomic E-state index is 13.6. The van der Waals surface area contributed by atoms with Gasteiger partial charge in [-0.1, -0.05) is 55.0 Å². The summed E-state index contributed by atoms with van der Waals surface area (Å²) in [6, 6.07) is 22.4. The summed E-state index contributed by atoms with van der Waals surface area (Å²) in [5, 5.41) is 3.19. The Morgan fingerprint density at radius 3 is 2.25 bits per heavy atom. The van der Waals surface area contributed by atoms with Crippen molar-refractivity contribution in [2.45, 2.75) is 27.2 Å². The SMILES string of the molecule is CCCOc1ccc(C2=C(Nc3ccccc3)C(=O)N(c3ccc(C)cc3C)C2=O)cc1. The third-order valence-electron chi connectivity index (χ3n) is 5.34. The summed E-state index contributed by atoms with van der Waals surface area (Å²) < 4.78 is 5.67. The fraction of sp³-hybridized carbons (Fsp3) is 0.185. The molecule has 1 heterocycles. The maximum Gasteiger partial charge on any atom is 0.282 e. The molecule has 0 atom stereocenters. The topological polar surface area (TPSA) is 58.6 Å². The molecular formula is C27H26N2O3. The molecule has 0 aromatic heterocycles. The Hall–Kier alpha value is -3.86. The molecule has 2 amide bonds. The lowest BCUT2D eigenvalue weighted by Gasteiger charge is -2.18. The first-order valence-electron chi connectivity index (χ1n) is 10.7. The molecule has 0 fully saturated rings. The Morgan fingerprint density at radius 1 is 0.875 bits per heavy atom. The van der Waals surface area contributed by atoms with Gasteiger partial charge in [-0.25, -0.2) is 4.90 Å². The Balaban J connectivity index is 1.77. The number of benzene rings is 3. The number of carbonyl (C=O) groups is 2. The number of para-hydroxylation sites is 1. The van der Waals surface area contributed by atoms with Gasteiger partial charge in [0.05, 0.1) is 17.9 Å². The molecule has 1 N–H and O–H groups in total. The van der Waals surface area contributed by atoms with Gasteiger partial charge in [0.25, 0.3) is 11.8 Å². The average Bonchev–Trinajstić information content (AvgIpc) is 3.03. The van der Waals surface area contributed by atoms with E-state index in [1.54, 1.807) is 0 Å². The highest BCUT2D eigenvalue weighted by Crippen LogP contribution is 2.35. The van der Waals surface area contributed by atoms with E-state index < -0.39 is 0 Å². The molecule has 0 saturated carbocycles. The molecule has 0 radical (unpaired) electrons. The van der Waals surface area contributed by atoms with Crippen LogP contribution in [0.4, 0.5) is 11.4 Å². The molecule has 5 heteroatoms. The highest BCUT2D eigenvalue weighted by atomic mass is 16.5. The fourth-order valence-corrected chi connectivity index (χ4v) is 3.79. The smallest absolute Gasteiger partial charge is 0.282 e. The molecule has 0 bridgehead atoms. The highest BCUT2D eigenvalue weighted by Gasteiger charge is 2.40. The van der Waals surface area contributed by atoms with Crippen LogP contribution in [0.15, 0.2) is 78.5 Å². The van der Waals surface area contributed by atoms with E-state index in [0.717, 1.165) is 29.0 Å². The number of anilines is 2. The molecule has 162 valence electrons. The minimum absolute atomic E-state index is 0.267. The van der Waals surface area contributed by atoms with Gasteiger partial charge in [0.15, 0.2) is 0 Å². The molecule has 0 unspecified atom stereocenters. The van der Waals surface area contributed by atoms with E-state index in [9.17, 15) is 9.59 Å². The van der Waals surface area contributed by atoms with Crippen LogP contribution in [-0.4, -0.2) is 18.4 Å². The lowest BCUT2D eigenvalue weighted by Crippen LogP contribution is -2.33. The molecule has 4 rings (SSSR count). The van der Waals surface area contributed by atoms with Crippen molar-refractivity contribution in [2.75, 3.05) is 16.8 Å². The molecule has 3 aromatic rings. The van der Waals surface area contributed by atoms with Crippen molar-refractivity contribution in [1.82, 2.24) is 0 Å². The Labute approximate surface area is 188 Å². The predicted octanol–water partition coefficient (Wildman–Crippen LogP) is 5.49. The van der Waals surface area contributed by atoms with E-state index in [2.05, 4.69) is 5.32 Å². The number of hydrogen-bond donors (Lipinski definition) is 1. The zero-order valence-electron chi connectivity index (χ0n) is 18.5. The van der Waals surface area contributed by atoms with E-state index in [0.29, 0.717) is 23.4 Å². The van der Waals surface area contributed by atoms with Crippen LogP contribution in [0.2, 0.25) is 0 Å². The van der Waals surface area contributed by atoms with E-state index >= 15 is 0 Å². The number of aryl methyl sites for hydroxylation is 2. The van der Waals surface area contributed by atoms with E-state index in [1.807, 2.05) is 93.6 Å². The molecular weight excluding hydrogens is 400 g/mol. The summed E-state index contributed by atoms with van der Waals surface area (Å²) in [5.41, 5.74) is 4.56. The number of ether oxygens (including phenoxy) is 1. The van der Waals surface area contributed by atoms with Crippen molar-refractivity contribution in [3.63, 3.8) is 0 Å². The molecule has 1 aliphatic rings. The van der Waals surface area contributed by atoms with Crippen molar-refractivity contribution in [3.8, 4) is 5.75 Å². The minimum Gasteiger partial charge on any atom is -0.494 e. The van der Waals surface area contributed by atoms with Crippen LogP contribution in [0.1, 0.15) is 30.0 Å². The second-order valence-corrected chi connectivity index (χ2v) is 7.85. The van der Waals surface area contributed by atoms with Gasteiger partial charge in [0.2, 0.25) is 0 Å². The van der Waals surface area contributed by atoms with Crippen molar-refractivity contribution >= 4 is 28.8 Å². The van der Waals surface area contributed by atoms with Crippen molar-refractivity contribution in [1.29, 1.82) is 0 Å². The van der Waals surface area contributed by atoms with Crippen LogP contribution < -0.4 is 15.0 Å². The Kier molecular flexibility index (Phi) is 6.08. The number of nitrogens with zero attached hydrogens (tertiary/aromatic N) is 1. The minimum atomic E-state index is -0.368. The third kappa shape index (κ3) is 4.14. The molecule has 1 aliphatic heterocycles. The van der Waals surface area contributed by atoms with E-state index in [1.165, 1.54) is 4.90 Å². The summed E-state index contributed by atoms with van der Waals surface area (Å²) in [4.78, 5) is 28.4. The first-order chi connectivity index (χ1) is 15.5. The van der Waals surface area contributed by atoms with Crippen LogP contribution in [0.5, 0.6) is 5.75 Å². The number of amides is 2. The quantitative estimate of drug-likeness (QED) is 0.508. The fourth-order valence-electron chi connectivity index (χ4n) is 3.79. The largest absolute Gasteiger partial charge is 0.494 e. The lowest BCUT2D eigenvalue weighted by atomic mass is 10.0. The van der Waals surface area contributed by atoms with Crippen LogP contribution in [0.25, 0.3) is 5.57 Å². The van der Waals surface area contributed by atoms with Crippen molar-refractivity contribution < 1.29 is 14.3 Å². The molecule has 0 saturated heterocycles. The van der Waals surface area contributed by atoms with Gasteiger partial charge in [-0.3, -0.25) is 9.59 Å². The monoisotopic (exact) mass is 426 g/mol. The highest BCUT2D eigenvalue weighted by molar-refractivity contribution is 6.46. The summed E-state index contributed by atoms with van der Waals surface area (Å²) >= 11 is 0. The van der Waals surface area contributed by atoms with Crippen molar-refractivity contribution in [2.24, 2.45) is 0 Å². The predicted molar refractivity (Wildman–Crippen MR) is 128 cm³/mol. The summed E-state index contributed by atoms with van der Waals surface area (Å²) in [5.74, 6) is 0.0199. The maximum atomic E-state index is 13.6. The zero-order valence-corrected chi connectivity index (χ0v) is 18.5. The van der Waals surface area contributed by atoms with Gasteiger partial charge in [0.1, 0.15) is 11.4 Å². The van der Waals surface area contributed by atoms with E-state index in [4.69, 9.17) is 4.74 Å². The summed E-state index contributed by atoms with van der Waals surface area (Å²) in [6.45, 7) is 6.57. The molecule has 0 aliphatic carbocycles. The van der Waals surface area contributed by atoms with Gasteiger partial charge in [-0.2, -0.15) is 0 Å². The normalized spacial score (nSPS) is 13.7. The number of rotatable bonds is 7. The Bertz CT molecular complexity index is 1180. The molecule has 3 aromatic carbocycles. The molecule has 5 nitrogen and oxygen atoms in total. The third-order valence-corrected chi connectivity index (χ3v) is 5.34. The van der Waals surface area contributed by atoms with Gasteiger partial charge in [-0.15, -0.1) is 0 Å². The second kappa shape index (κ2) is 9.10. The zero-order chi connectivity index (χ0) is 22.7. The van der Waals surface area contributed by atoms with Crippen LogP contribution in [0.3, 0.4) is 0 Å². The first kappa shape index (κ1) is 21.4. The van der Waals surface area contributed by atoms with Gasteiger partial charge < -0.3 is 10.1 Å². The molecule has 0 spiro atoms. The van der Waals surface area contributed by atoms with Crippen LogP contribution in [-0.2, 0) is 9.59 Å². The second-order valence-electron chi connectivity index (χ2n) is 7.85.